The molecule has 1 N–H and O–H groups in total. The van der Waals surface area contributed by atoms with Gasteiger partial charge in [0.2, 0.25) is 0 Å². The Morgan fingerprint density at radius 2 is 1.82 bits per heavy atom. The highest BCUT2D eigenvalue weighted by Gasteiger charge is 2.33. The summed E-state index contributed by atoms with van der Waals surface area (Å²) in [5, 5.41) is 7.31. The fourth-order valence-corrected chi connectivity index (χ4v) is 6.89. The van der Waals surface area contributed by atoms with E-state index < -0.39 is 10.8 Å². The van der Waals surface area contributed by atoms with Crippen molar-refractivity contribution in [3.63, 3.8) is 0 Å². The van der Waals surface area contributed by atoms with Crippen molar-refractivity contribution in [1.29, 1.82) is 0 Å². The van der Waals surface area contributed by atoms with E-state index >= 15 is 0 Å². The zero-order chi connectivity index (χ0) is 27.5. The standard InChI is InChI=1S/C31H31N5O3S/c1-35-16-12-26(13-17-35)39-34-29(22-7-3-2-4-8-22)23-9-5-11-25(19-23)33-30(37)27-14-18-36-28(27)21-40(38)31(36)24-10-6-15-32-20-24/h2-11,14-15,18-20,26,31H,12-13,16-17,21H2,1H3,(H,33,37)/t31-,40?/m1/s1. The summed E-state index contributed by atoms with van der Waals surface area (Å²) in [5.41, 5.74) is 5.30. The monoisotopic (exact) mass is 553 g/mol. The number of piperidine rings is 1. The Bertz CT molecular complexity index is 1550. The molecule has 1 unspecified atom stereocenters. The van der Waals surface area contributed by atoms with E-state index in [1.165, 1.54) is 0 Å². The second-order valence-electron chi connectivity index (χ2n) is 10.2. The number of anilines is 1. The number of likely N-dealkylation sites (tertiary alicyclic amines) is 1. The van der Waals surface area contributed by atoms with E-state index in [2.05, 4.69) is 27.4 Å². The third-order valence-corrected chi connectivity index (χ3v) is 8.97. The molecule has 4 heterocycles. The van der Waals surface area contributed by atoms with Crippen LogP contribution in [0.15, 0.2) is 96.5 Å². The Morgan fingerprint density at radius 3 is 2.60 bits per heavy atom. The zero-order valence-corrected chi connectivity index (χ0v) is 23.1. The summed E-state index contributed by atoms with van der Waals surface area (Å²) in [5.74, 6) is 0.0737. The van der Waals surface area contributed by atoms with Gasteiger partial charge in [0.15, 0.2) is 0 Å². The van der Waals surface area contributed by atoms with Crippen LogP contribution >= 0.6 is 0 Å². The summed E-state index contributed by atoms with van der Waals surface area (Å²) in [6, 6.07) is 23.1. The summed E-state index contributed by atoms with van der Waals surface area (Å²) in [6.07, 6.45) is 7.21. The molecule has 2 aromatic heterocycles. The predicted molar refractivity (Wildman–Crippen MR) is 157 cm³/mol. The largest absolute Gasteiger partial charge is 0.392 e. The Morgan fingerprint density at radius 1 is 1.02 bits per heavy atom. The molecule has 2 aromatic carbocycles. The molecule has 0 bridgehead atoms. The number of pyridine rings is 1. The van der Waals surface area contributed by atoms with Crippen molar-refractivity contribution in [3.05, 3.63) is 119 Å². The van der Waals surface area contributed by atoms with Crippen LogP contribution in [0.3, 0.4) is 0 Å². The Balaban J connectivity index is 1.23. The summed E-state index contributed by atoms with van der Waals surface area (Å²) in [6.45, 7) is 1.98. The van der Waals surface area contributed by atoms with Crippen LogP contribution in [-0.2, 0) is 21.4 Å². The van der Waals surface area contributed by atoms with Crippen LogP contribution in [0.4, 0.5) is 5.69 Å². The number of hydrogen-bond donors (Lipinski definition) is 1. The number of oxime groups is 1. The van der Waals surface area contributed by atoms with Crippen molar-refractivity contribution >= 4 is 28.1 Å². The van der Waals surface area contributed by atoms with Crippen LogP contribution in [-0.4, -0.2) is 56.5 Å². The van der Waals surface area contributed by atoms with Gasteiger partial charge in [-0.25, -0.2) is 0 Å². The second-order valence-corrected chi connectivity index (χ2v) is 11.7. The molecule has 1 amide bonds. The van der Waals surface area contributed by atoms with Crippen molar-refractivity contribution in [3.8, 4) is 0 Å². The predicted octanol–water partition coefficient (Wildman–Crippen LogP) is 4.81. The smallest absolute Gasteiger partial charge is 0.257 e. The lowest BCUT2D eigenvalue weighted by Gasteiger charge is -2.27. The number of rotatable bonds is 7. The number of nitrogens with one attached hydrogen (secondary N) is 1. The SMILES string of the molecule is CN1CCC(ON=C(c2ccccc2)c2cccc(NC(=O)c3ccn4c3CS(=O)[C@@H]4c3cccnc3)c2)CC1. The van der Waals surface area contributed by atoms with E-state index in [0.29, 0.717) is 17.0 Å². The molecule has 8 nitrogen and oxygen atoms in total. The summed E-state index contributed by atoms with van der Waals surface area (Å²) < 4.78 is 14.9. The van der Waals surface area contributed by atoms with Gasteiger partial charge in [0.25, 0.3) is 5.91 Å². The first-order valence-corrected chi connectivity index (χ1v) is 14.8. The van der Waals surface area contributed by atoms with E-state index in [1.807, 2.05) is 77.5 Å². The molecule has 2 aliphatic heterocycles. The number of benzene rings is 2. The molecule has 1 fully saturated rings. The van der Waals surface area contributed by atoms with Gasteiger partial charge in [0.1, 0.15) is 17.2 Å². The van der Waals surface area contributed by atoms with Crippen molar-refractivity contribution in [2.24, 2.45) is 5.16 Å². The maximum absolute atomic E-state index is 13.4. The van der Waals surface area contributed by atoms with Crippen LogP contribution in [0.25, 0.3) is 0 Å². The highest BCUT2D eigenvalue weighted by atomic mass is 32.2. The highest BCUT2D eigenvalue weighted by Crippen LogP contribution is 2.34. The minimum Gasteiger partial charge on any atom is -0.392 e. The molecule has 2 atom stereocenters. The van der Waals surface area contributed by atoms with Gasteiger partial charge < -0.3 is 19.6 Å². The molecule has 40 heavy (non-hydrogen) atoms. The maximum Gasteiger partial charge on any atom is 0.257 e. The first kappa shape index (κ1) is 26.2. The van der Waals surface area contributed by atoms with E-state index in [-0.39, 0.29) is 17.4 Å². The fourth-order valence-electron chi connectivity index (χ4n) is 5.26. The Kier molecular flexibility index (Phi) is 7.57. The van der Waals surface area contributed by atoms with Gasteiger partial charge in [-0.1, -0.05) is 53.7 Å². The topological polar surface area (TPSA) is 88.8 Å². The van der Waals surface area contributed by atoms with Crippen LogP contribution in [0, 0.1) is 0 Å². The fraction of sp³-hybridized carbons (Fsp3) is 0.258. The molecule has 4 aromatic rings. The number of nitrogens with zero attached hydrogens (tertiary/aromatic N) is 4. The molecule has 2 aliphatic rings. The number of carbonyl (C=O) groups is 1. The Labute approximate surface area is 236 Å². The van der Waals surface area contributed by atoms with Gasteiger partial charge in [-0.15, -0.1) is 0 Å². The minimum atomic E-state index is -1.18. The van der Waals surface area contributed by atoms with Gasteiger partial charge in [0, 0.05) is 59.8 Å². The highest BCUT2D eigenvalue weighted by molar-refractivity contribution is 7.84. The maximum atomic E-state index is 13.4. The van der Waals surface area contributed by atoms with Crippen molar-refractivity contribution in [2.75, 3.05) is 25.5 Å². The van der Waals surface area contributed by atoms with Crippen LogP contribution in [0.5, 0.6) is 0 Å². The molecule has 0 aliphatic carbocycles. The summed E-state index contributed by atoms with van der Waals surface area (Å²) >= 11 is 0. The van der Waals surface area contributed by atoms with Gasteiger partial charge in [-0.2, -0.15) is 0 Å². The van der Waals surface area contributed by atoms with E-state index in [9.17, 15) is 9.00 Å². The first-order chi connectivity index (χ1) is 19.6. The number of amides is 1. The lowest BCUT2D eigenvalue weighted by Crippen LogP contribution is -2.33. The molecule has 6 rings (SSSR count). The molecular weight excluding hydrogens is 522 g/mol. The summed E-state index contributed by atoms with van der Waals surface area (Å²) in [4.78, 5) is 25.9. The van der Waals surface area contributed by atoms with Gasteiger partial charge >= 0.3 is 0 Å². The average molecular weight is 554 g/mol. The third kappa shape index (κ3) is 5.48. The normalized spacial score (nSPS) is 19.8. The van der Waals surface area contributed by atoms with Gasteiger partial charge in [-0.05, 0) is 44.2 Å². The Hall–Kier alpha value is -4.08. The quantitative estimate of drug-likeness (QED) is 0.262. The van der Waals surface area contributed by atoms with Crippen molar-refractivity contribution < 1.29 is 13.8 Å². The average Bonchev–Trinajstić information content (AvgIpc) is 3.53. The van der Waals surface area contributed by atoms with Crippen LogP contribution in [0.1, 0.15) is 51.0 Å². The van der Waals surface area contributed by atoms with Crippen LogP contribution in [0.2, 0.25) is 0 Å². The van der Waals surface area contributed by atoms with E-state index in [1.54, 1.807) is 18.5 Å². The molecule has 9 heteroatoms. The molecule has 0 saturated carbocycles. The minimum absolute atomic E-state index is 0.0794. The van der Waals surface area contributed by atoms with E-state index in [4.69, 9.17) is 4.84 Å². The molecule has 204 valence electrons. The second kappa shape index (κ2) is 11.6. The number of fused-ring (bicyclic) bond motifs is 1. The zero-order valence-electron chi connectivity index (χ0n) is 22.3. The molecular formula is C31H31N5O3S. The number of carbonyl (C=O) groups excluding carboxylic acids is 1. The number of aromatic nitrogens is 2. The lowest BCUT2D eigenvalue weighted by atomic mass is 10.0. The van der Waals surface area contributed by atoms with Crippen molar-refractivity contribution in [1.82, 2.24) is 14.5 Å². The lowest BCUT2D eigenvalue weighted by molar-refractivity contribution is 0.0163. The van der Waals surface area contributed by atoms with Crippen LogP contribution < -0.4 is 5.32 Å². The van der Waals surface area contributed by atoms with Gasteiger partial charge in [0.05, 0.1) is 22.1 Å². The molecule has 1 saturated heterocycles. The number of hydrogen-bond acceptors (Lipinski definition) is 6. The third-order valence-electron chi connectivity index (χ3n) is 7.42. The van der Waals surface area contributed by atoms with Gasteiger partial charge in [-0.3, -0.25) is 14.0 Å². The first-order valence-electron chi connectivity index (χ1n) is 13.4. The summed E-state index contributed by atoms with van der Waals surface area (Å²) in [7, 11) is 0.943. The molecule has 0 spiro atoms. The van der Waals surface area contributed by atoms with Crippen molar-refractivity contribution in [2.45, 2.75) is 30.1 Å². The molecule has 0 radical (unpaired) electrons. The van der Waals surface area contributed by atoms with E-state index in [0.717, 1.165) is 54.0 Å².